The van der Waals surface area contributed by atoms with E-state index in [1.807, 2.05) is 91.9 Å². The van der Waals surface area contributed by atoms with E-state index in [9.17, 15) is 24.3 Å². The van der Waals surface area contributed by atoms with Crippen LogP contribution in [-0.4, -0.2) is 57.9 Å². The Morgan fingerprint density at radius 2 is 1.27 bits per heavy atom. The van der Waals surface area contributed by atoms with E-state index in [-0.39, 0.29) is 25.2 Å². The first-order valence-corrected chi connectivity index (χ1v) is 15.2. The third-order valence-corrected chi connectivity index (χ3v) is 8.06. The van der Waals surface area contributed by atoms with Crippen molar-refractivity contribution in [1.82, 2.24) is 20.9 Å². The SMILES string of the molecule is CCC(C)C(NC(=O)C(Cc1ccccc1)NC(=O)C(Cc1c[nH]c2ccccc12)NC(=O)C(N)Cc1ccccc1)C(=O)O. The molecule has 0 radical (unpaired) electrons. The van der Waals surface area contributed by atoms with Crippen molar-refractivity contribution in [2.24, 2.45) is 11.7 Å². The number of aliphatic carboxylic acids is 1. The first kappa shape index (κ1) is 32.9. The van der Waals surface area contributed by atoms with Crippen molar-refractivity contribution in [2.75, 3.05) is 0 Å². The fraction of sp³-hybridized carbons (Fsp3) is 0.314. The third kappa shape index (κ3) is 9.02. The molecule has 0 saturated heterocycles. The van der Waals surface area contributed by atoms with Gasteiger partial charge in [0.1, 0.15) is 18.1 Å². The average Bonchev–Trinajstić information content (AvgIpc) is 3.45. The number of aromatic nitrogens is 1. The van der Waals surface area contributed by atoms with Gasteiger partial charge in [-0.2, -0.15) is 0 Å². The standard InChI is InChI=1S/C35H41N5O5/c1-3-22(2)31(35(44)45)40-34(43)29(19-24-14-8-5-9-15-24)39-33(42)30(20-25-21-37-28-17-11-10-16-26(25)28)38-32(41)27(36)18-23-12-6-4-7-13-23/h4-17,21-22,27,29-31,37H,3,18-20,36H2,1-2H3,(H,38,41)(H,39,42)(H,40,43)(H,44,45). The van der Waals surface area contributed by atoms with Crippen LogP contribution in [-0.2, 0) is 38.4 Å². The molecule has 0 aliphatic carbocycles. The molecule has 1 aromatic heterocycles. The lowest BCUT2D eigenvalue weighted by atomic mass is 9.97. The molecule has 10 nitrogen and oxygen atoms in total. The monoisotopic (exact) mass is 611 g/mol. The largest absolute Gasteiger partial charge is 0.480 e. The Hall–Kier alpha value is -4.96. The number of fused-ring (bicyclic) bond motifs is 1. The first-order chi connectivity index (χ1) is 21.7. The number of carbonyl (C=O) groups excluding carboxylic acids is 3. The zero-order chi connectivity index (χ0) is 32.3. The molecule has 3 amide bonds. The minimum atomic E-state index is -1.15. The molecule has 0 aliphatic heterocycles. The number of carboxylic acid groups (broad SMARTS) is 1. The maximum Gasteiger partial charge on any atom is 0.326 e. The molecule has 45 heavy (non-hydrogen) atoms. The number of amides is 3. The lowest BCUT2D eigenvalue weighted by Gasteiger charge is -2.27. The number of carboxylic acids is 1. The molecular weight excluding hydrogens is 570 g/mol. The predicted octanol–water partition coefficient (Wildman–Crippen LogP) is 3.11. The quantitative estimate of drug-likeness (QED) is 0.121. The van der Waals surface area contributed by atoms with E-state index in [4.69, 9.17) is 5.73 Å². The van der Waals surface area contributed by atoms with E-state index in [1.165, 1.54) is 0 Å². The highest BCUT2D eigenvalue weighted by Crippen LogP contribution is 2.20. The Bertz CT molecular complexity index is 1590. The van der Waals surface area contributed by atoms with E-state index < -0.39 is 47.9 Å². The fourth-order valence-corrected chi connectivity index (χ4v) is 5.24. The highest BCUT2D eigenvalue weighted by Gasteiger charge is 2.32. The number of hydrogen-bond acceptors (Lipinski definition) is 5. The summed E-state index contributed by atoms with van der Waals surface area (Å²) in [5, 5.41) is 18.9. The topological polar surface area (TPSA) is 166 Å². The Labute approximate surface area is 262 Å². The maximum atomic E-state index is 14.0. The molecule has 1 heterocycles. The van der Waals surface area contributed by atoms with Crippen LogP contribution < -0.4 is 21.7 Å². The van der Waals surface area contributed by atoms with Crippen molar-refractivity contribution in [3.8, 4) is 0 Å². The second-order valence-corrected chi connectivity index (χ2v) is 11.4. The van der Waals surface area contributed by atoms with Crippen molar-refractivity contribution in [3.05, 3.63) is 108 Å². The van der Waals surface area contributed by atoms with Crippen molar-refractivity contribution in [2.45, 2.75) is 63.7 Å². The number of nitrogens with one attached hydrogen (secondary N) is 4. The van der Waals surface area contributed by atoms with Gasteiger partial charge in [-0.15, -0.1) is 0 Å². The van der Waals surface area contributed by atoms with Crippen molar-refractivity contribution in [1.29, 1.82) is 0 Å². The van der Waals surface area contributed by atoms with Crippen LogP contribution in [0.25, 0.3) is 10.9 Å². The molecular formula is C35H41N5O5. The van der Waals surface area contributed by atoms with Crippen LogP contribution in [0, 0.1) is 5.92 Å². The molecule has 0 spiro atoms. The van der Waals surface area contributed by atoms with Crippen LogP contribution in [0.3, 0.4) is 0 Å². The van der Waals surface area contributed by atoms with Gasteiger partial charge in [-0.25, -0.2) is 4.79 Å². The highest BCUT2D eigenvalue weighted by atomic mass is 16.4. The van der Waals surface area contributed by atoms with Crippen LogP contribution in [0.15, 0.2) is 91.1 Å². The number of rotatable bonds is 15. The Morgan fingerprint density at radius 3 is 1.89 bits per heavy atom. The molecule has 4 rings (SSSR count). The van der Waals surface area contributed by atoms with Gasteiger partial charge < -0.3 is 31.8 Å². The van der Waals surface area contributed by atoms with Gasteiger partial charge in [0.25, 0.3) is 0 Å². The molecule has 3 aromatic carbocycles. The van der Waals surface area contributed by atoms with E-state index in [1.54, 1.807) is 13.1 Å². The van der Waals surface area contributed by atoms with Gasteiger partial charge in [-0.1, -0.05) is 99.1 Å². The average molecular weight is 612 g/mol. The van der Waals surface area contributed by atoms with E-state index in [0.29, 0.717) is 6.42 Å². The van der Waals surface area contributed by atoms with Crippen molar-refractivity contribution < 1.29 is 24.3 Å². The molecule has 10 heteroatoms. The number of H-pyrrole nitrogens is 1. The van der Waals surface area contributed by atoms with Crippen LogP contribution in [0.2, 0.25) is 0 Å². The Kier molecular flexibility index (Phi) is 11.5. The summed E-state index contributed by atoms with van der Waals surface area (Å²) in [5.74, 6) is -3.21. The Morgan fingerprint density at radius 1 is 0.733 bits per heavy atom. The minimum Gasteiger partial charge on any atom is -0.480 e. The van der Waals surface area contributed by atoms with Crippen LogP contribution in [0.4, 0.5) is 0 Å². The highest BCUT2D eigenvalue weighted by molar-refractivity contribution is 5.95. The molecule has 0 aliphatic rings. The third-order valence-electron chi connectivity index (χ3n) is 8.06. The molecule has 0 fully saturated rings. The molecule has 0 bridgehead atoms. The maximum absolute atomic E-state index is 14.0. The summed E-state index contributed by atoms with van der Waals surface area (Å²) in [6, 6.07) is 21.9. The van der Waals surface area contributed by atoms with Crippen LogP contribution in [0.1, 0.15) is 37.0 Å². The smallest absolute Gasteiger partial charge is 0.326 e. The number of carbonyl (C=O) groups is 4. The van der Waals surface area contributed by atoms with Gasteiger partial charge in [0.2, 0.25) is 17.7 Å². The molecule has 7 N–H and O–H groups in total. The van der Waals surface area contributed by atoms with Gasteiger partial charge in [-0.05, 0) is 35.1 Å². The molecule has 4 aromatic rings. The fourth-order valence-electron chi connectivity index (χ4n) is 5.24. The lowest BCUT2D eigenvalue weighted by Crippen LogP contribution is -2.58. The second kappa shape index (κ2) is 15.7. The molecule has 5 atom stereocenters. The predicted molar refractivity (Wildman–Crippen MR) is 173 cm³/mol. The minimum absolute atomic E-state index is 0.118. The summed E-state index contributed by atoms with van der Waals surface area (Å²) in [4.78, 5) is 56.0. The van der Waals surface area contributed by atoms with Crippen molar-refractivity contribution >= 4 is 34.6 Å². The van der Waals surface area contributed by atoms with Crippen LogP contribution >= 0.6 is 0 Å². The first-order valence-electron chi connectivity index (χ1n) is 15.2. The summed E-state index contributed by atoms with van der Waals surface area (Å²) >= 11 is 0. The zero-order valence-corrected chi connectivity index (χ0v) is 25.5. The summed E-state index contributed by atoms with van der Waals surface area (Å²) in [6.45, 7) is 3.59. The van der Waals surface area contributed by atoms with Gasteiger partial charge in [-0.3, -0.25) is 14.4 Å². The summed E-state index contributed by atoms with van der Waals surface area (Å²) in [6.07, 6.45) is 2.85. The zero-order valence-electron chi connectivity index (χ0n) is 25.5. The summed E-state index contributed by atoms with van der Waals surface area (Å²) < 4.78 is 0. The summed E-state index contributed by atoms with van der Waals surface area (Å²) in [7, 11) is 0. The molecule has 0 saturated carbocycles. The van der Waals surface area contributed by atoms with E-state index in [0.717, 1.165) is 27.6 Å². The molecule has 236 valence electrons. The number of aromatic amines is 1. The number of para-hydroxylation sites is 1. The normalized spacial score (nSPS) is 14.5. The lowest BCUT2D eigenvalue weighted by molar-refractivity contribution is -0.143. The van der Waals surface area contributed by atoms with Gasteiger partial charge >= 0.3 is 5.97 Å². The Balaban J connectivity index is 1.59. The van der Waals surface area contributed by atoms with Crippen LogP contribution in [0.5, 0.6) is 0 Å². The van der Waals surface area contributed by atoms with Gasteiger partial charge in [0.05, 0.1) is 6.04 Å². The second-order valence-electron chi connectivity index (χ2n) is 11.4. The van der Waals surface area contributed by atoms with Gasteiger partial charge in [0.15, 0.2) is 0 Å². The van der Waals surface area contributed by atoms with Gasteiger partial charge in [0, 0.05) is 29.9 Å². The molecule has 5 unspecified atom stereocenters. The van der Waals surface area contributed by atoms with E-state index in [2.05, 4.69) is 20.9 Å². The number of hydrogen-bond donors (Lipinski definition) is 6. The summed E-state index contributed by atoms with van der Waals surface area (Å²) in [5.41, 5.74) is 9.60. The van der Waals surface area contributed by atoms with E-state index >= 15 is 0 Å². The number of benzene rings is 3. The van der Waals surface area contributed by atoms with Crippen molar-refractivity contribution in [3.63, 3.8) is 0 Å². The number of nitrogens with two attached hydrogens (primary N) is 1.